The Kier molecular flexibility index (Phi) is 29.6. The molecule has 0 aromatic heterocycles. The van der Waals surface area contributed by atoms with Crippen molar-refractivity contribution in [3.63, 3.8) is 0 Å². The second kappa shape index (κ2) is 26.4. The molecule has 0 aromatic rings. The van der Waals surface area contributed by atoms with Crippen LogP contribution < -0.4 is 69.5 Å². The van der Waals surface area contributed by atoms with E-state index in [9.17, 15) is 32.5 Å². The van der Waals surface area contributed by atoms with Crippen molar-refractivity contribution in [3.05, 3.63) is 24.8 Å². The van der Waals surface area contributed by atoms with Crippen LogP contribution >= 0.6 is 0 Å². The molecule has 1 amide bonds. The van der Waals surface area contributed by atoms with Gasteiger partial charge in [-0.3, -0.25) is 9.59 Å². The van der Waals surface area contributed by atoms with Gasteiger partial charge in [0.1, 0.15) is 16.7 Å². The van der Waals surface area contributed by atoms with Crippen molar-refractivity contribution < 1.29 is 96.3 Å². The van der Waals surface area contributed by atoms with E-state index >= 15 is 0 Å². The van der Waals surface area contributed by atoms with E-state index in [1.165, 1.54) is 63.9 Å². The van der Waals surface area contributed by atoms with Crippen LogP contribution in [-0.4, -0.2) is 49.2 Å². The van der Waals surface area contributed by atoms with Crippen molar-refractivity contribution in [3.8, 4) is 0 Å². The van der Waals surface area contributed by atoms with E-state index in [1.807, 2.05) is 6.08 Å². The Bertz CT molecular complexity index is 744. The molecule has 0 aromatic carbocycles. The maximum absolute atomic E-state index is 11.7. The molecule has 9 nitrogen and oxygen atoms in total. The molecule has 0 saturated carbocycles. The Morgan fingerprint density at radius 2 is 1.33 bits per heavy atom. The molecule has 36 heavy (non-hydrogen) atoms. The summed E-state index contributed by atoms with van der Waals surface area (Å²) in [5.41, 5.74) is 0. The average Bonchev–Trinajstić information content (AvgIpc) is 2.76. The van der Waals surface area contributed by atoms with Crippen molar-refractivity contribution in [1.29, 1.82) is 0 Å². The number of allylic oxidation sites excluding steroid dienone is 2. The molecule has 1 N–H and O–H groups in total. The van der Waals surface area contributed by atoms with Crippen LogP contribution in [0.25, 0.3) is 0 Å². The number of carbonyl (C=O) groups is 3. The summed E-state index contributed by atoms with van der Waals surface area (Å²) in [7, 11) is -5.23. The number of hydrogen-bond acceptors (Lipinski definition) is 8. The fourth-order valence-electron chi connectivity index (χ4n) is 3.24. The molecule has 0 rings (SSSR count). The predicted molar refractivity (Wildman–Crippen MR) is 126 cm³/mol. The normalized spacial score (nSPS) is 11.7. The molecule has 0 spiro atoms. The van der Waals surface area contributed by atoms with E-state index in [0.717, 1.165) is 25.7 Å². The number of rotatable bonds is 22. The number of unbranched alkanes of at least 4 members (excludes halogenated alkanes) is 12. The van der Waals surface area contributed by atoms with Crippen LogP contribution in [0.2, 0.25) is 0 Å². The molecule has 1 atom stereocenters. The van der Waals surface area contributed by atoms with Gasteiger partial charge in [0.05, 0.1) is 24.2 Å². The maximum atomic E-state index is 11.7. The van der Waals surface area contributed by atoms with Crippen LogP contribution in [0.5, 0.6) is 0 Å². The Balaban J connectivity index is -0.00000544. The number of amides is 1. The number of carboxylic acid groups (broad SMARTS) is 1. The Labute approximate surface area is 260 Å². The summed E-state index contributed by atoms with van der Waals surface area (Å²) in [6, 6.07) is 0. The van der Waals surface area contributed by atoms with Crippen LogP contribution in [0, 0.1) is 0 Å². The molecule has 0 bridgehead atoms. The molecule has 0 aliphatic carbocycles. The largest absolute Gasteiger partial charge is 1.00 e. The quantitative estimate of drug-likeness (QED) is 0.0366. The summed E-state index contributed by atoms with van der Waals surface area (Å²) >= 11 is 0. The number of esters is 1. The standard InChI is InChI=1S/C24H41NO8S.2Na/c1-2-3-4-5-6-7-8-9-10-11-12-13-14-15-16-17-22(26)25-18-19-33-23(27)20-21(24(28)29)34(30,31)32;;/h2,16-17,21H,1,3-15,18-20H2,(H,25,26)(H,28,29)(H,30,31,32);;/q;2*+1/p-2. The number of ether oxygens (including phenoxy) is 1. The van der Waals surface area contributed by atoms with Crippen molar-refractivity contribution in [2.75, 3.05) is 13.2 Å². The van der Waals surface area contributed by atoms with Gasteiger partial charge in [-0.1, -0.05) is 69.9 Å². The van der Waals surface area contributed by atoms with Gasteiger partial charge < -0.3 is 24.5 Å². The van der Waals surface area contributed by atoms with E-state index in [4.69, 9.17) is 0 Å². The van der Waals surface area contributed by atoms with Crippen LogP contribution in [0.1, 0.15) is 89.9 Å². The van der Waals surface area contributed by atoms with Gasteiger partial charge >= 0.3 is 65.1 Å². The summed E-state index contributed by atoms with van der Waals surface area (Å²) in [5, 5.41) is 10.6. The molecule has 0 saturated heterocycles. The van der Waals surface area contributed by atoms with E-state index in [-0.39, 0.29) is 78.2 Å². The minimum absolute atomic E-state index is 0. The summed E-state index contributed by atoms with van der Waals surface area (Å²) < 4.78 is 36.9. The van der Waals surface area contributed by atoms with E-state index in [0.29, 0.717) is 0 Å². The van der Waals surface area contributed by atoms with Gasteiger partial charge in [-0.05, 0) is 31.8 Å². The third kappa shape index (κ3) is 25.4. The van der Waals surface area contributed by atoms with Crippen molar-refractivity contribution in [2.24, 2.45) is 0 Å². The summed E-state index contributed by atoms with van der Waals surface area (Å²) in [4.78, 5) is 33.7. The number of aliphatic carboxylic acids is 1. The van der Waals surface area contributed by atoms with Gasteiger partial charge in [-0.25, -0.2) is 8.42 Å². The Morgan fingerprint density at radius 1 is 0.861 bits per heavy atom. The summed E-state index contributed by atoms with van der Waals surface area (Å²) in [5.74, 6) is -3.71. The minimum atomic E-state index is -5.23. The number of hydrogen-bond donors (Lipinski definition) is 1. The molecule has 0 fully saturated rings. The molecular formula is C24H39NNa2O8S. The van der Waals surface area contributed by atoms with Crippen molar-refractivity contribution >= 4 is 28.0 Å². The first-order valence-electron chi connectivity index (χ1n) is 12.0. The molecule has 12 heteroatoms. The van der Waals surface area contributed by atoms with E-state index < -0.39 is 33.7 Å². The average molecular weight is 548 g/mol. The molecule has 0 aliphatic heterocycles. The molecular weight excluding hydrogens is 508 g/mol. The van der Waals surface area contributed by atoms with Crippen LogP contribution in [0.3, 0.4) is 0 Å². The fraction of sp³-hybridized carbons (Fsp3) is 0.708. The Morgan fingerprint density at radius 3 is 1.78 bits per heavy atom. The van der Waals surface area contributed by atoms with Crippen LogP contribution in [0.4, 0.5) is 0 Å². The van der Waals surface area contributed by atoms with E-state index in [2.05, 4.69) is 16.6 Å². The van der Waals surface area contributed by atoms with Crippen molar-refractivity contribution in [1.82, 2.24) is 5.32 Å². The van der Waals surface area contributed by atoms with Gasteiger partial charge in [0.15, 0.2) is 0 Å². The fourth-order valence-corrected chi connectivity index (χ4v) is 3.82. The van der Waals surface area contributed by atoms with Gasteiger partial charge in [0.2, 0.25) is 5.91 Å². The molecule has 1 unspecified atom stereocenters. The minimum Gasteiger partial charge on any atom is -0.747 e. The summed E-state index contributed by atoms with van der Waals surface area (Å²) in [6.07, 6.45) is 19.6. The zero-order chi connectivity index (χ0) is 25.7. The van der Waals surface area contributed by atoms with Gasteiger partial charge in [-0.15, -0.1) is 6.58 Å². The third-order valence-corrected chi connectivity index (χ3v) is 6.23. The maximum Gasteiger partial charge on any atom is 1.00 e. The van der Waals surface area contributed by atoms with Gasteiger partial charge in [0.25, 0.3) is 0 Å². The monoisotopic (exact) mass is 547 g/mol. The van der Waals surface area contributed by atoms with E-state index in [1.54, 1.807) is 6.08 Å². The molecule has 0 heterocycles. The topological polar surface area (TPSA) is 153 Å². The zero-order valence-electron chi connectivity index (χ0n) is 22.0. The van der Waals surface area contributed by atoms with Crippen LogP contribution in [0.15, 0.2) is 24.8 Å². The first-order chi connectivity index (χ1) is 16.2. The smallest absolute Gasteiger partial charge is 0.747 e. The van der Waals surface area contributed by atoms with Gasteiger partial charge in [0, 0.05) is 0 Å². The first kappa shape index (κ1) is 40.3. The second-order valence-electron chi connectivity index (χ2n) is 8.17. The predicted octanol–water partition coefficient (Wildman–Crippen LogP) is -3.48. The molecule has 0 aliphatic rings. The van der Waals surface area contributed by atoms with Gasteiger partial charge in [-0.2, -0.15) is 0 Å². The van der Waals surface area contributed by atoms with Crippen LogP contribution in [-0.2, 0) is 29.2 Å². The zero-order valence-corrected chi connectivity index (χ0v) is 26.8. The van der Waals surface area contributed by atoms with Crippen molar-refractivity contribution in [2.45, 2.75) is 95.1 Å². The first-order valence-corrected chi connectivity index (χ1v) is 13.5. The second-order valence-corrected chi connectivity index (χ2v) is 9.73. The summed E-state index contributed by atoms with van der Waals surface area (Å²) in [6.45, 7) is 3.41. The third-order valence-electron chi connectivity index (χ3n) is 5.18. The Hall–Kier alpha value is -0.200. The molecule has 0 radical (unpaired) electrons. The number of carbonyl (C=O) groups excluding carboxylic acids is 3. The number of nitrogens with one attached hydrogen (secondary N) is 1. The molecule has 196 valence electrons. The SMILES string of the molecule is C=CCCCCCCCCCCCCCC=CC(=O)NCCOC(=O)CC(C(=O)[O-])S(=O)(=O)[O-].[Na+].[Na+]. The number of carboxylic acids is 1.